The Hall–Kier alpha value is -1.61. The minimum atomic E-state index is 0.320. The fraction of sp³-hybridized carbons (Fsp3) is 0.400. The number of aryl methyl sites for hydroxylation is 2. The van der Waals surface area contributed by atoms with Crippen LogP contribution in [-0.2, 0) is 6.42 Å². The van der Waals surface area contributed by atoms with E-state index >= 15 is 0 Å². The van der Waals surface area contributed by atoms with Crippen molar-refractivity contribution in [2.75, 3.05) is 6.54 Å². The van der Waals surface area contributed by atoms with Crippen LogP contribution in [0.5, 0.6) is 0 Å². The Morgan fingerprint density at radius 3 is 2.83 bits per heavy atom. The van der Waals surface area contributed by atoms with E-state index < -0.39 is 0 Å². The lowest BCUT2D eigenvalue weighted by Gasteiger charge is -2.20. The third kappa shape index (κ3) is 2.99. The van der Waals surface area contributed by atoms with Crippen LogP contribution in [0.25, 0.3) is 0 Å². The molecule has 0 amide bonds. The summed E-state index contributed by atoms with van der Waals surface area (Å²) in [5.41, 5.74) is 4.00. The normalized spacial score (nSPS) is 12.6. The Kier molecular flexibility index (Phi) is 4.15. The smallest absolute Gasteiger partial charge is 0.107 e. The fourth-order valence-corrected chi connectivity index (χ4v) is 2.28. The van der Waals surface area contributed by atoms with E-state index in [4.69, 9.17) is 0 Å². The number of aromatic nitrogens is 2. The fourth-order valence-electron chi connectivity index (χ4n) is 2.28. The van der Waals surface area contributed by atoms with Gasteiger partial charge in [0.2, 0.25) is 0 Å². The quantitative estimate of drug-likeness (QED) is 0.847. The second-order valence-electron chi connectivity index (χ2n) is 4.71. The first-order chi connectivity index (χ1) is 8.70. The number of aromatic amines is 1. The second kappa shape index (κ2) is 5.83. The molecule has 0 saturated carbocycles. The molecule has 96 valence electrons. The largest absolute Gasteiger partial charge is 0.349 e. The van der Waals surface area contributed by atoms with Crippen molar-refractivity contribution in [3.63, 3.8) is 0 Å². The van der Waals surface area contributed by atoms with Crippen LogP contribution in [0.3, 0.4) is 0 Å². The molecule has 1 heterocycles. The molecule has 2 aromatic rings. The Balaban J connectivity index is 2.26. The number of imidazole rings is 1. The van der Waals surface area contributed by atoms with Crippen molar-refractivity contribution in [3.8, 4) is 0 Å². The molecule has 0 saturated heterocycles. The van der Waals surface area contributed by atoms with Gasteiger partial charge in [-0.1, -0.05) is 30.7 Å². The van der Waals surface area contributed by atoms with Crippen molar-refractivity contribution in [2.45, 2.75) is 33.2 Å². The van der Waals surface area contributed by atoms with E-state index in [1.165, 1.54) is 16.7 Å². The van der Waals surface area contributed by atoms with Gasteiger partial charge in [-0.15, -0.1) is 0 Å². The Morgan fingerprint density at radius 1 is 1.33 bits per heavy atom. The third-order valence-electron chi connectivity index (χ3n) is 3.21. The summed E-state index contributed by atoms with van der Waals surface area (Å²) in [4.78, 5) is 7.50. The first-order valence-electron chi connectivity index (χ1n) is 6.49. The molecule has 3 nitrogen and oxygen atoms in total. The summed E-state index contributed by atoms with van der Waals surface area (Å²) in [6.45, 7) is 7.40. The minimum Gasteiger partial charge on any atom is -0.349 e. The molecular weight excluding hydrogens is 222 g/mol. The predicted molar refractivity (Wildman–Crippen MR) is 74.6 cm³/mol. The van der Waals surface area contributed by atoms with Gasteiger partial charge in [0, 0.05) is 24.9 Å². The molecule has 0 aliphatic heterocycles. The maximum Gasteiger partial charge on any atom is 0.107 e. The highest BCUT2D eigenvalue weighted by Gasteiger charge is 2.14. The van der Waals surface area contributed by atoms with Crippen molar-refractivity contribution in [1.82, 2.24) is 15.3 Å². The van der Waals surface area contributed by atoms with Crippen molar-refractivity contribution < 1.29 is 0 Å². The highest BCUT2D eigenvalue weighted by molar-refractivity contribution is 5.33. The van der Waals surface area contributed by atoms with E-state index in [9.17, 15) is 0 Å². The maximum absolute atomic E-state index is 4.32. The number of benzene rings is 1. The Morgan fingerprint density at radius 2 is 2.17 bits per heavy atom. The minimum absolute atomic E-state index is 0.320. The first-order valence-corrected chi connectivity index (χ1v) is 6.49. The molecule has 1 aromatic heterocycles. The molecule has 0 aliphatic rings. The SMILES string of the molecule is CCNC(Cc1ncc[nH]1)c1cc(C)ccc1C. The van der Waals surface area contributed by atoms with Crippen LogP contribution in [0.4, 0.5) is 0 Å². The maximum atomic E-state index is 4.32. The summed E-state index contributed by atoms with van der Waals surface area (Å²) >= 11 is 0. The van der Waals surface area contributed by atoms with Gasteiger partial charge >= 0.3 is 0 Å². The van der Waals surface area contributed by atoms with Gasteiger partial charge in [-0.3, -0.25) is 0 Å². The molecule has 18 heavy (non-hydrogen) atoms. The van der Waals surface area contributed by atoms with E-state index in [1.807, 2.05) is 6.20 Å². The number of nitrogens with one attached hydrogen (secondary N) is 2. The Labute approximate surface area is 109 Å². The summed E-state index contributed by atoms with van der Waals surface area (Å²) in [6.07, 6.45) is 4.58. The van der Waals surface area contributed by atoms with E-state index in [-0.39, 0.29) is 0 Å². The van der Waals surface area contributed by atoms with Crippen LogP contribution in [0.2, 0.25) is 0 Å². The molecular formula is C15H21N3. The average Bonchev–Trinajstić information content (AvgIpc) is 2.85. The van der Waals surface area contributed by atoms with Crippen LogP contribution in [0.15, 0.2) is 30.6 Å². The zero-order valence-corrected chi connectivity index (χ0v) is 11.3. The number of rotatable bonds is 5. The van der Waals surface area contributed by atoms with Gasteiger partial charge in [0.1, 0.15) is 5.82 Å². The summed E-state index contributed by atoms with van der Waals surface area (Å²) in [6, 6.07) is 6.94. The lowest BCUT2D eigenvalue weighted by Crippen LogP contribution is -2.24. The molecule has 3 heteroatoms. The highest BCUT2D eigenvalue weighted by atomic mass is 14.9. The third-order valence-corrected chi connectivity index (χ3v) is 3.21. The van der Waals surface area contributed by atoms with E-state index in [0.717, 1.165) is 18.8 Å². The molecule has 0 aliphatic carbocycles. The van der Waals surface area contributed by atoms with Gasteiger partial charge in [-0.05, 0) is 31.5 Å². The number of hydrogen-bond donors (Lipinski definition) is 2. The van der Waals surface area contributed by atoms with Gasteiger partial charge in [0.15, 0.2) is 0 Å². The molecule has 0 fully saturated rings. The van der Waals surface area contributed by atoms with Gasteiger partial charge in [0.05, 0.1) is 0 Å². The predicted octanol–water partition coefficient (Wildman–Crippen LogP) is 2.92. The molecule has 1 unspecified atom stereocenters. The topological polar surface area (TPSA) is 40.7 Å². The van der Waals surface area contributed by atoms with Gasteiger partial charge in [0.25, 0.3) is 0 Å². The molecule has 1 atom stereocenters. The molecule has 2 rings (SSSR count). The van der Waals surface area contributed by atoms with Gasteiger partial charge in [-0.25, -0.2) is 4.98 Å². The van der Waals surface area contributed by atoms with Crippen LogP contribution in [0.1, 0.15) is 35.5 Å². The number of H-pyrrole nitrogens is 1. The number of nitrogens with zero attached hydrogens (tertiary/aromatic N) is 1. The number of likely N-dealkylation sites (N-methyl/N-ethyl adjacent to an activating group) is 1. The van der Waals surface area contributed by atoms with Crippen molar-refractivity contribution in [3.05, 3.63) is 53.1 Å². The number of hydrogen-bond acceptors (Lipinski definition) is 2. The lowest BCUT2D eigenvalue weighted by atomic mass is 9.96. The molecule has 0 spiro atoms. The van der Waals surface area contributed by atoms with Crippen LogP contribution in [-0.4, -0.2) is 16.5 Å². The summed E-state index contributed by atoms with van der Waals surface area (Å²) in [5, 5.41) is 3.55. The highest BCUT2D eigenvalue weighted by Crippen LogP contribution is 2.22. The molecule has 1 aromatic carbocycles. The second-order valence-corrected chi connectivity index (χ2v) is 4.71. The van der Waals surface area contributed by atoms with Gasteiger partial charge in [-0.2, -0.15) is 0 Å². The van der Waals surface area contributed by atoms with Crippen LogP contribution < -0.4 is 5.32 Å². The lowest BCUT2D eigenvalue weighted by molar-refractivity contribution is 0.536. The van der Waals surface area contributed by atoms with E-state index in [0.29, 0.717) is 6.04 Å². The summed E-state index contributed by atoms with van der Waals surface area (Å²) in [7, 11) is 0. The standard InChI is InChI=1S/C15H21N3/c1-4-16-14(10-15-17-7-8-18-15)13-9-11(2)5-6-12(13)3/h5-9,14,16H,4,10H2,1-3H3,(H,17,18). The monoisotopic (exact) mass is 243 g/mol. The van der Waals surface area contributed by atoms with Gasteiger partial charge < -0.3 is 10.3 Å². The van der Waals surface area contributed by atoms with Crippen molar-refractivity contribution in [2.24, 2.45) is 0 Å². The van der Waals surface area contributed by atoms with E-state index in [2.05, 4.69) is 54.3 Å². The zero-order chi connectivity index (χ0) is 13.0. The van der Waals surface area contributed by atoms with Crippen LogP contribution in [0, 0.1) is 13.8 Å². The molecule has 0 bridgehead atoms. The first kappa shape index (κ1) is 12.8. The Bertz CT molecular complexity index is 488. The van der Waals surface area contributed by atoms with Crippen molar-refractivity contribution in [1.29, 1.82) is 0 Å². The molecule has 0 radical (unpaired) electrons. The average molecular weight is 243 g/mol. The zero-order valence-electron chi connectivity index (χ0n) is 11.3. The van der Waals surface area contributed by atoms with E-state index in [1.54, 1.807) is 6.20 Å². The molecule has 2 N–H and O–H groups in total. The summed E-state index contributed by atoms with van der Waals surface area (Å²) < 4.78 is 0. The van der Waals surface area contributed by atoms with Crippen LogP contribution >= 0.6 is 0 Å². The summed E-state index contributed by atoms with van der Waals surface area (Å²) in [5.74, 6) is 1.03. The van der Waals surface area contributed by atoms with Crippen molar-refractivity contribution >= 4 is 0 Å².